The average molecular weight is 299 g/mol. The maximum atomic E-state index is 6.06. The number of aromatic nitrogens is 3. The van der Waals surface area contributed by atoms with Gasteiger partial charge in [0.2, 0.25) is 0 Å². The van der Waals surface area contributed by atoms with E-state index in [1.807, 2.05) is 12.1 Å². The summed E-state index contributed by atoms with van der Waals surface area (Å²) >= 11 is 0. The lowest BCUT2D eigenvalue weighted by Gasteiger charge is -2.07. The standard InChI is InChI=1S/C16H21N5O/c1-22-9-12-20-14-13-10(5-2-3-8-17)6-4-7-11(13)19-16(18)15(14)21-12/h4,6-7H,2-3,5,8-9,17H2,1H3,(H2,18,19)(H,20,21). The minimum atomic E-state index is 0.422. The lowest BCUT2D eigenvalue weighted by atomic mass is 10.0. The van der Waals surface area contributed by atoms with E-state index in [0.29, 0.717) is 19.0 Å². The Morgan fingerprint density at radius 2 is 2.09 bits per heavy atom. The summed E-state index contributed by atoms with van der Waals surface area (Å²) in [6.07, 6.45) is 3.02. The summed E-state index contributed by atoms with van der Waals surface area (Å²) in [6, 6.07) is 6.12. The highest BCUT2D eigenvalue weighted by molar-refractivity contribution is 6.07. The van der Waals surface area contributed by atoms with E-state index in [4.69, 9.17) is 16.2 Å². The van der Waals surface area contributed by atoms with E-state index in [9.17, 15) is 0 Å². The van der Waals surface area contributed by atoms with Gasteiger partial charge in [-0.3, -0.25) is 0 Å². The predicted molar refractivity (Wildman–Crippen MR) is 88.5 cm³/mol. The Hall–Kier alpha value is -2.18. The molecule has 0 bridgehead atoms. The first kappa shape index (κ1) is 14.7. The van der Waals surface area contributed by atoms with Gasteiger partial charge in [-0.1, -0.05) is 12.1 Å². The molecule has 0 amide bonds. The molecule has 6 nitrogen and oxygen atoms in total. The number of H-pyrrole nitrogens is 1. The van der Waals surface area contributed by atoms with Crippen LogP contribution in [0, 0.1) is 0 Å². The van der Waals surface area contributed by atoms with Gasteiger partial charge in [-0.15, -0.1) is 0 Å². The second kappa shape index (κ2) is 6.29. The average Bonchev–Trinajstić information content (AvgIpc) is 2.92. The first-order valence-electron chi connectivity index (χ1n) is 7.49. The Labute approximate surface area is 128 Å². The van der Waals surface area contributed by atoms with E-state index in [0.717, 1.165) is 47.0 Å². The third-order valence-electron chi connectivity index (χ3n) is 3.80. The highest BCUT2D eigenvalue weighted by Gasteiger charge is 2.14. The Balaban J connectivity index is 2.18. The molecule has 0 fully saturated rings. The van der Waals surface area contributed by atoms with Gasteiger partial charge in [0.15, 0.2) is 0 Å². The Morgan fingerprint density at radius 3 is 2.86 bits per heavy atom. The van der Waals surface area contributed by atoms with Gasteiger partial charge in [0.25, 0.3) is 0 Å². The van der Waals surface area contributed by atoms with Crippen molar-refractivity contribution in [3.63, 3.8) is 0 Å². The number of hydrogen-bond donors (Lipinski definition) is 3. The van der Waals surface area contributed by atoms with E-state index in [1.54, 1.807) is 7.11 Å². The molecule has 2 heterocycles. The van der Waals surface area contributed by atoms with Crippen LogP contribution >= 0.6 is 0 Å². The van der Waals surface area contributed by atoms with Crippen LogP contribution in [0.4, 0.5) is 5.82 Å². The molecule has 6 heteroatoms. The number of ether oxygens (including phenoxy) is 1. The second-order valence-corrected chi connectivity index (χ2v) is 5.39. The zero-order chi connectivity index (χ0) is 15.5. The number of anilines is 1. The summed E-state index contributed by atoms with van der Waals surface area (Å²) < 4.78 is 5.15. The van der Waals surface area contributed by atoms with Crippen LogP contribution in [0.15, 0.2) is 18.2 Å². The Bertz CT molecular complexity index is 796. The van der Waals surface area contributed by atoms with E-state index >= 15 is 0 Å². The number of nitrogen functional groups attached to an aromatic ring is 1. The van der Waals surface area contributed by atoms with Crippen LogP contribution in [0.5, 0.6) is 0 Å². The molecule has 116 valence electrons. The van der Waals surface area contributed by atoms with Crippen molar-refractivity contribution in [3.8, 4) is 0 Å². The third-order valence-corrected chi connectivity index (χ3v) is 3.80. The molecular weight excluding hydrogens is 278 g/mol. The van der Waals surface area contributed by atoms with Gasteiger partial charge < -0.3 is 21.2 Å². The number of rotatable bonds is 6. The van der Waals surface area contributed by atoms with Crippen molar-refractivity contribution in [2.75, 3.05) is 19.4 Å². The Morgan fingerprint density at radius 1 is 1.23 bits per heavy atom. The maximum Gasteiger partial charge on any atom is 0.150 e. The topological polar surface area (TPSA) is 103 Å². The summed E-state index contributed by atoms with van der Waals surface area (Å²) in [4.78, 5) is 12.4. The van der Waals surface area contributed by atoms with Gasteiger partial charge >= 0.3 is 0 Å². The van der Waals surface area contributed by atoms with Gasteiger partial charge in [0.05, 0.1) is 5.52 Å². The summed E-state index contributed by atoms with van der Waals surface area (Å²) in [5.74, 6) is 1.23. The van der Waals surface area contributed by atoms with E-state index in [-0.39, 0.29) is 0 Å². The molecule has 2 aromatic heterocycles. The lowest BCUT2D eigenvalue weighted by molar-refractivity contribution is 0.179. The van der Waals surface area contributed by atoms with Crippen LogP contribution in [0.1, 0.15) is 24.2 Å². The number of imidazole rings is 1. The highest BCUT2D eigenvalue weighted by Crippen LogP contribution is 2.29. The van der Waals surface area contributed by atoms with Crippen molar-refractivity contribution in [3.05, 3.63) is 29.6 Å². The number of nitrogens with one attached hydrogen (secondary N) is 1. The number of pyridine rings is 1. The number of aryl methyl sites for hydroxylation is 1. The number of nitrogens with two attached hydrogens (primary N) is 2. The van der Waals surface area contributed by atoms with Gasteiger partial charge in [-0.25, -0.2) is 9.97 Å². The van der Waals surface area contributed by atoms with Crippen molar-refractivity contribution in [2.45, 2.75) is 25.9 Å². The number of hydrogen-bond acceptors (Lipinski definition) is 5. The Kier molecular flexibility index (Phi) is 4.22. The molecule has 0 atom stereocenters. The SMILES string of the molecule is COCc1nc2c([nH]1)c(N)nc1cccc(CCCCN)c12. The van der Waals surface area contributed by atoms with Crippen molar-refractivity contribution in [1.29, 1.82) is 0 Å². The van der Waals surface area contributed by atoms with Crippen molar-refractivity contribution in [2.24, 2.45) is 5.73 Å². The van der Waals surface area contributed by atoms with E-state index < -0.39 is 0 Å². The number of methoxy groups -OCH3 is 1. The molecule has 5 N–H and O–H groups in total. The lowest BCUT2D eigenvalue weighted by Crippen LogP contribution is -2.00. The maximum absolute atomic E-state index is 6.06. The monoisotopic (exact) mass is 299 g/mol. The van der Waals surface area contributed by atoms with E-state index in [2.05, 4.69) is 21.0 Å². The number of aromatic amines is 1. The van der Waals surface area contributed by atoms with Crippen LogP contribution in [-0.2, 0) is 17.8 Å². The van der Waals surface area contributed by atoms with Gasteiger partial charge in [0.1, 0.15) is 29.3 Å². The predicted octanol–water partition coefficient (Wildman–Crippen LogP) is 2.12. The molecule has 22 heavy (non-hydrogen) atoms. The molecule has 0 aliphatic carbocycles. The van der Waals surface area contributed by atoms with Crippen LogP contribution in [0.2, 0.25) is 0 Å². The first-order chi connectivity index (χ1) is 10.7. The number of benzene rings is 1. The fraction of sp³-hybridized carbons (Fsp3) is 0.375. The molecular formula is C16H21N5O. The van der Waals surface area contributed by atoms with Crippen molar-refractivity contribution >= 4 is 27.8 Å². The van der Waals surface area contributed by atoms with Crippen molar-refractivity contribution < 1.29 is 4.74 Å². The molecule has 3 aromatic rings. The molecule has 0 saturated carbocycles. The minimum absolute atomic E-state index is 0.422. The van der Waals surface area contributed by atoms with Crippen LogP contribution in [0.25, 0.3) is 21.9 Å². The molecule has 3 rings (SSSR count). The minimum Gasteiger partial charge on any atom is -0.382 e. The smallest absolute Gasteiger partial charge is 0.150 e. The van der Waals surface area contributed by atoms with Crippen LogP contribution in [0.3, 0.4) is 0 Å². The van der Waals surface area contributed by atoms with Gasteiger partial charge in [-0.05, 0) is 37.4 Å². The van der Waals surface area contributed by atoms with Crippen LogP contribution in [-0.4, -0.2) is 28.6 Å². The number of unbranched alkanes of at least 4 members (excludes halogenated alkanes) is 1. The quantitative estimate of drug-likeness (QED) is 0.605. The summed E-state index contributed by atoms with van der Waals surface area (Å²) in [6.45, 7) is 1.14. The van der Waals surface area contributed by atoms with Gasteiger partial charge in [-0.2, -0.15) is 0 Å². The molecule has 0 aliphatic heterocycles. The summed E-state index contributed by atoms with van der Waals surface area (Å²) in [7, 11) is 1.64. The number of fused-ring (bicyclic) bond motifs is 3. The zero-order valence-corrected chi connectivity index (χ0v) is 12.7. The van der Waals surface area contributed by atoms with Crippen molar-refractivity contribution in [1.82, 2.24) is 15.0 Å². The zero-order valence-electron chi connectivity index (χ0n) is 12.7. The third kappa shape index (κ3) is 2.63. The molecule has 1 aromatic carbocycles. The molecule has 0 radical (unpaired) electrons. The molecule has 0 spiro atoms. The summed E-state index contributed by atoms with van der Waals surface area (Å²) in [5.41, 5.74) is 15.4. The van der Waals surface area contributed by atoms with E-state index in [1.165, 1.54) is 5.56 Å². The normalized spacial score (nSPS) is 11.5. The molecule has 0 unspecified atom stereocenters. The fourth-order valence-corrected chi connectivity index (χ4v) is 2.80. The first-order valence-corrected chi connectivity index (χ1v) is 7.49. The van der Waals surface area contributed by atoms with Crippen LogP contribution < -0.4 is 11.5 Å². The molecule has 0 aliphatic rings. The molecule has 0 saturated heterocycles. The fourth-order valence-electron chi connectivity index (χ4n) is 2.80. The highest BCUT2D eigenvalue weighted by atomic mass is 16.5. The largest absolute Gasteiger partial charge is 0.382 e. The summed E-state index contributed by atoms with van der Waals surface area (Å²) in [5, 5.41) is 1.07. The second-order valence-electron chi connectivity index (χ2n) is 5.39. The van der Waals surface area contributed by atoms with Gasteiger partial charge in [0, 0.05) is 12.5 Å². The number of nitrogens with zero attached hydrogens (tertiary/aromatic N) is 2.